The minimum atomic E-state index is -0.143. The summed E-state index contributed by atoms with van der Waals surface area (Å²) in [5.41, 5.74) is 1.14. The van der Waals surface area contributed by atoms with Gasteiger partial charge >= 0.3 is 0 Å². The molecule has 0 saturated carbocycles. The van der Waals surface area contributed by atoms with Gasteiger partial charge in [0.2, 0.25) is 0 Å². The van der Waals surface area contributed by atoms with Gasteiger partial charge in [-0.05, 0) is 65.8 Å². The van der Waals surface area contributed by atoms with Crippen molar-refractivity contribution < 1.29 is 4.74 Å². The van der Waals surface area contributed by atoms with Crippen LogP contribution in [0.1, 0.15) is 31.2 Å². The molecule has 0 fully saturated rings. The minimum Gasteiger partial charge on any atom is -0.362 e. The van der Waals surface area contributed by atoms with Crippen LogP contribution in [0.15, 0.2) is 48.6 Å². The van der Waals surface area contributed by atoms with Crippen LogP contribution in [0.2, 0.25) is 0 Å². The summed E-state index contributed by atoms with van der Waals surface area (Å²) in [6, 6.07) is 8.46. The Balaban J connectivity index is 1.79. The first kappa shape index (κ1) is 13.4. The number of fused-ring (bicyclic) bond motifs is 1. The van der Waals surface area contributed by atoms with E-state index >= 15 is 0 Å². The summed E-state index contributed by atoms with van der Waals surface area (Å²) in [5.74, 6) is 0.656. The van der Waals surface area contributed by atoms with Crippen molar-refractivity contribution in [2.24, 2.45) is 5.92 Å². The lowest BCUT2D eigenvalue weighted by Gasteiger charge is -2.41. The third-order valence-electron chi connectivity index (χ3n) is 4.19. The fraction of sp³-hybridized carbons (Fsp3) is 0.412. The molecule has 1 aromatic rings. The molecule has 19 heavy (non-hydrogen) atoms. The zero-order valence-corrected chi connectivity index (χ0v) is 13.2. The van der Waals surface area contributed by atoms with E-state index in [9.17, 15) is 0 Å². The highest BCUT2D eigenvalue weighted by Crippen LogP contribution is 2.40. The molecule has 0 aromatic heterocycles. The maximum atomic E-state index is 6.36. The van der Waals surface area contributed by atoms with Crippen LogP contribution >= 0.6 is 22.6 Å². The van der Waals surface area contributed by atoms with Crippen molar-refractivity contribution in [3.63, 3.8) is 0 Å². The molecule has 0 heterocycles. The van der Waals surface area contributed by atoms with Crippen molar-refractivity contribution in [1.82, 2.24) is 0 Å². The Morgan fingerprint density at radius 3 is 2.47 bits per heavy atom. The lowest BCUT2D eigenvalue weighted by Crippen LogP contribution is -2.40. The second-order valence-corrected chi connectivity index (χ2v) is 6.55. The van der Waals surface area contributed by atoms with E-state index in [1.54, 1.807) is 0 Å². The van der Waals surface area contributed by atoms with E-state index in [1.807, 2.05) is 0 Å². The Morgan fingerprint density at radius 2 is 1.79 bits per heavy atom. The second-order valence-electron chi connectivity index (χ2n) is 5.39. The third-order valence-corrected chi connectivity index (χ3v) is 5.25. The fourth-order valence-electron chi connectivity index (χ4n) is 3.09. The Morgan fingerprint density at radius 1 is 1.11 bits per heavy atom. The van der Waals surface area contributed by atoms with Crippen LogP contribution in [0.3, 0.4) is 0 Å². The van der Waals surface area contributed by atoms with E-state index in [0.717, 1.165) is 0 Å². The Kier molecular flexibility index (Phi) is 4.08. The molecule has 0 aliphatic heterocycles. The van der Waals surface area contributed by atoms with Crippen LogP contribution in [0.5, 0.6) is 0 Å². The van der Waals surface area contributed by atoms with E-state index in [2.05, 4.69) is 71.2 Å². The van der Waals surface area contributed by atoms with E-state index in [1.165, 1.54) is 34.8 Å². The molecule has 2 aliphatic rings. The van der Waals surface area contributed by atoms with E-state index in [4.69, 9.17) is 4.74 Å². The first-order valence-electron chi connectivity index (χ1n) is 7.03. The third kappa shape index (κ3) is 2.79. The Bertz CT molecular complexity index is 486. The van der Waals surface area contributed by atoms with Gasteiger partial charge in [-0.25, -0.2) is 0 Å². The number of rotatable bonds is 3. The molecule has 1 nitrogen and oxygen atoms in total. The molecule has 0 amide bonds. The summed E-state index contributed by atoms with van der Waals surface area (Å²) in [6.07, 6.45) is 14.0. The summed E-state index contributed by atoms with van der Waals surface area (Å²) >= 11 is 2.38. The van der Waals surface area contributed by atoms with Gasteiger partial charge in [-0.15, -0.1) is 0 Å². The molecule has 0 saturated heterocycles. The summed E-state index contributed by atoms with van der Waals surface area (Å²) in [4.78, 5) is 0. The summed E-state index contributed by atoms with van der Waals surface area (Å²) in [6.45, 7) is 0.699. The molecule has 2 heteroatoms. The van der Waals surface area contributed by atoms with E-state index in [0.29, 0.717) is 12.5 Å². The molecule has 1 aromatic carbocycles. The highest BCUT2D eigenvalue weighted by Gasteiger charge is 2.38. The van der Waals surface area contributed by atoms with Crippen LogP contribution in [0, 0.1) is 9.49 Å². The number of hydrogen-bond donors (Lipinski definition) is 0. The van der Waals surface area contributed by atoms with Gasteiger partial charge in [0.15, 0.2) is 0 Å². The average Bonchev–Trinajstić information content (AvgIpc) is 2.46. The van der Waals surface area contributed by atoms with Gasteiger partial charge in [0.25, 0.3) is 0 Å². The molecule has 0 radical (unpaired) electrons. The zero-order valence-electron chi connectivity index (χ0n) is 11.0. The largest absolute Gasteiger partial charge is 0.362 e. The smallest absolute Gasteiger partial charge is 0.108 e. The molecular weight excluding hydrogens is 347 g/mol. The first-order chi connectivity index (χ1) is 9.30. The van der Waals surface area contributed by atoms with E-state index in [-0.39, 0.29) is 5.60 Å². The minimum absolute atomic E-state index is 0.143. The lowest BCUT2D eigenvalue weighted by molar-refractivity contribution is -0.0386. The number of allylic oxidation sites excluding steroid dienone is 2. The number of benzene rings is 1. The van der Waals surface area contributed by atoms with Gasteiger partial charge in [-0.1, -0.05) is 42.5 Å². The van der Waals surface area contributed by atoms with Crippen molar-refractivity contribution in [2.45, 2.75) is 37.9 Å². The monoisotopic (exact) mass is 366 g/mol. The maximum Gasteiger partial charge on any atom is 0.108 e. The van der Waals surface area contributed by atoms with Crippen LogP contribution in [-0.2, 0) is 11.3 Å². The van der Waals surface area contributed by atoms with E-state index < -0.39 is 0 Å². The highest BCUT2D eigenvalue weighted by atomic mass is 127. The molecule has 0 unspecified atom stereocenters. The topological polar surface area (TPSA) is 9.23 Å². The lowest BCUT2D eigenvalue weighted by atomic mass is 9.74. The second kappa shape index (κ2) is 5.80. The molecule has 100 valence electrons. The van der Waals surface area contributed by atoms with Crippen molar-refractivity contribution in [1.29, 1.82) is 0 Å². The number of halogens is 1. The summed E-state index contributed by atoms with van der Waals surface area (Å²) < 4.78 is 7.65. The molecule has 3 rings (SSSR count). The highest BCUT2D eigenvalue weighted by molar-refractivity contribution is 14.1. The molecule has 0 spiro atoms. The zero-order chi connectivity index (χ0) is 13.1. The van der Waals surface area contributed by atoms with Gasteiger partial charge in [-0.2, -0.15) is 0 Å². The Labute approximate surface area is 128 Å². The number of hydrogen-bond acceptors (Lipinski definition) is 1. The predicted molar refractivity (Wildman–Crippen MR) is 86.9 cm³/mol. The molecule has 0 atom stereocenters. The van der Waals surface area contributed by atoms with Gasteiger partial charge < -0.3 is 4.74 Å². The van der Waals surface area contributed by atoms with Crippen LogP contribution < -0.4 is 0 Å². The number of ether oxygens (including phenoxy) is 1. The molecule has 0 N–H and O–H groups in total. The first-order valence-corrected chi connectivity index (χ1v) is 8.11. The standard InChI is InChI=1S/C17H19IO/c18-16-10-2-1-7-14(16)13-19-17-11-5-3-8-15(17)9-4-6-12-17/h1-2,5-7,10-12,15H,3-4,8-9,13H2. The summed E-state index contributed by atoms with van der Waals surface area (Å²) in [7, 11) is 0. The van der Waals surface area contributed by atoms with Crippen molar-refractivity contribution >= 4 is 22.6 Å². The Hall–Kier alpha value is -0.610. The van der Waals surface area contributed by atoms with Crippen molar-refractivity contribution in [3.8, 4) is 0 Å². The van der Waals surface area contributed by atoms with Gasteiger partial charge in [-0.3, -0.25) is 0 Å². The molecule has 2 aliphatic carbocycles. The predicted octanol–water partition coefficient (Wildman–Crippen LogP) is 4.86. The maximum absolute atomic E-state index is 6.36. The van der Waals surface area contributed by atoms with Crippen LogP contribution in [-0.4, -0.2) is 5.60 Å². The van der Waals surface area contributed by atoms with Crippen LogP contribution in [0.4, 0.5) is 0 Å². The summed E-state index contributed by atoms with van der Waals surface area (Å²) in [5, 5.41) is 0. The van der Waals surface area contributed by atoms with Gasteiger partial charge in [0.05, 0.1) is 6.61 Å². The fourth-order valence-corrected chi connectivity index (χ4v) is 3.63. The van der Waals surface area contributed by atoms with Crippen molar-refractivity contribution in [3.05, 3.63) is 57.7 Å². The average molecular weight is 366 g/mol. The molecule has 0 bridgehead atoms. The van der Waals surface area contributed by atoms with Crippen molar-refractivity contribution in [2.75, 3.05) is 0 Å². The van der Waals surface area contributed by atoms with Gasteiger partial charge in [0, 0.05) is 3.57 Å². The van der Waals surface area contributed by atoms with Crippen LogP contribution in [0.25, 0.3) is 0 Å². The normalized spacial score (nSPS) is 29.2. The SMILES string of the molecule is Ic1ccccc1COC12C=CCCC1CCC=C2. The quantitative estimate of drug-likeness (QED) is 0.548. The molecular formula is C17H19IO. The van der Waals surface area contributed by atoms with Gasteiger partial charge in [0.1, 0.15) is 5.60 Å².